The monoisotopic (exact) mass is 486 g/mol. The highest BCUT2D eigenvalue weighted by Gasteiger charge is 2.30. The third-order valence-electron chi connectivity index (χ3n) is 5.42. The molecule has 1 aromatic heterocycles. The Labute approximate surface area is 198 Å². The topological polar surface area (TPSA) is 94.5 Å². The van der Waals surface area contributed by atoms with E-state index < -0.39 is 40.3 Å². The molecule has 1 N–H and O–H groups in total. The molecule has 9 heteroatoms. The number of carbonyl (C=O) groups is 2. The van der Waals surface area contributed by atoms with Gasteiger partial charge >= 0.3 is 5.97 Å². The summed E-state index contributed by atoms with van der Waals surface area (Å²) in [5.41, 5.74) is 2.44. The minimum absolute atomic E-state index is 0.0257. The minimum Gasteiger partial charge on any atom is -0.456 e. The van der Waals surface area contributed by atoms with E-state index in [4.69, 9.17) is 4.74 Å². The molecule has 3 aromatic rings. The zero-order valence-corrected chi connectivity index (χ0v) is 20.2. The Balaban J connectivity index is 1.73. The van der Waals surface area contributed by atoms with E-state index in [1.807, 2.05) is 6.92 Å². The zero-order valence-electron chi connectivity index (χ0n) is 19.4. The molecule has 0 radical (unpaired) electrons. The van der Waals surface area contributed by atoms with E-state index in [1.165, 1.54) is 24.3 Å². The molecule has 0 aliphatic carbocycles. The molecule has 0 bridgehead atoms. The van der Waals surface area contributed by atoms with Crippen LogP contribution in [0.25, 0.3) is 5.69 Å². The summed E-state index contributed by atoms with van der Waals surface area (Å²) in [7, 11) is -3.95. The first-order chi connectivity index (χ1) is 16.0. The van der Waals surface area contributed by atoms with Gasteiger partial charge in [0, 0.05) is 22.6 Å². The smallest absolute Gasteiger partial charge is 0.324 e. The number of hydrogen-bond acceptors (Lipinski definition) is 5. The van der Waals surface area contributed by atoms with Crippen molar-refractivity contribution in [1.29, 1.82) is 0 Å². The lowest BCUT2D eigenvalue weighted by Crippen LogP contribution is -2.45. The van der Waals surface area contributed by atoms with Crippen LogP contribution in [0.1, 0.15) is 35.6 Å². The van der Waals surface area contributed by atoms with Crippen LogP contribution in [0.2, 0.25) is 0 Å². The van der Waals surface area contributed by atoms with E-state index in [0.717, 1.165) is 5.69 Å². The van der Waals surface area contributed by atoms with E-state index in [-0.39, 0.29) is 10.7 Å². The molecule has 2 aromatic carbocycles. The van der Waals surface area contributed by atoms with Gasteiger partial charge < -0.3 is 9.30 Å². The van der Waals surface area contributed by atoms with Crippen molar-refractivity contribution in [3.05, 3.63) is 83.4 Å². The maximum atomic E-state index is 13.3. The standard InChI is InChI=1S/C25H27FN2O5S/c1-16(2)24(27-34(31,32)21-8-6-5-7-9-21)25(30)33-15-23(29)22-14-17(3)28(18(22)4)20-12-10-19(26)11-13-20/h5-14,16,24,27H,15H2,1-4H3. The number of rotatable bonds is 9. The van der Waals surface area contributed by atoms with Gasteiger partial charge in [0.25, 0.3) is 0 Å². The summed E-state index contributed by atoms with van der Waals surface area (Å²) >= 11 is 0. The second-order valence-electron chi connectivity index (χ2n) is 8.28. The van der Waals surface area contributed by atoms with Crippen molar-refractivity contribution in [2.45, 2.75) is 38.6 Å². The number of ether oxygens (including phenoxy) is 1. The second kappa shape index (κ2) is 10.3. The molecular weight excluding hydrogens is 459 g/mol. The van der Waals surface area contributed by atoms with Crippen molar-refractivity contribution in [3.8, 4) is 5.69 Å². The average Bonchev–Trinajstić information content (AvgIpc) is 3.10. The molecule has 1 unspecified atom stereocenters. The number of esters is 1. The van der Waals surface area contributed by atoms with Crippen LogP contribution in [0.15, 0.2) is 65.6 Å². The molecule has 0 amide bonds. The van der Waals surface area contributed by atoms with Crippen LogP contribution in [-0.2, 0) is 19.6 Å². The molecule has 0 saturated carbocycles. The summed E-state index contributed by atoms with van der Waals surface area (Å²) < 4.78 is 48.0. The summed E-state index contributed by atoms with van der Waals surface area (Å²) in [5.74, 6) is -2.04. The van der Waals surface area contributed by atoms with Gasteiger partial charge in [-0.3, -0.25) is 9.59 Å². The molecular formula is C25H27FN2O5S. The molecule has 0 aliphatic heterocycles. The highest BCUT2D eigenvalue weighted by molar-refractivity contribution is 7.89. The van der Waals surface area contributed by atoms with Crippen molar-refractivity contribution in [1.82, 2.24) is 9.29 Å². The Morgan fingerprint density at radius 2 is 1.65 bits per heavy atom. The van der Waals surface area contributed by atoms with Crippen LogP contribution < -0.4 is 4.72 Å². The van der Waals surface area contributed by atoms with Gasteiger partial charge in [-0.05, 0) is 62.2 Å². The van der Waals surface area contributed by atoms with Crippen LogP contribution in [0.4, 0.5) is 4.39 Å². The molecule has 180 valence electrons. The Hall–Kier alpha value is -3.30. The number of aryl methyl sites for hydroxylation is 1. The predicted octanol–water partition coefficient (Wildman–Crippen LogP) is 3.96. The maximum Gasteiger partial charge on any atom is 0.324 e. The van der Waals surface area contributed by atoms with Crippen LogP contribution in [-0.4, -0.2) is 37.4 Å². The normalized spacial score (nSPS) is 12.5. The number of benzene rings is 2. The lowest BCUT2D eigenvalue weighted by Gasteiger charge is -2.20. The van der Waals surface area contributed by atoms with E-state index in [1.54, 1.807) is 61.7 Å². The predicted molar refractivity (Wildman–Crippen MR) is 126 cm³/mol. The lowest BCUT2D eigenvalue weighted by molar-refractivity contribution is -0.145. The first-order valence-electron chi connectivity index (χ1n) is 10.7. The number of nitrogens with one attached hydrogen (secondary N) is 1. The molecule has 7 nitrogen and oxygen atoms in total. The summed E-state index contributed by atoms with van der Waals surface area (Å²) in [6, 6.07) is 14.1. The van der Waals surface area contributed by atoms with E-state index in [0.29, 0.717) is 16.9 Å². The Morgan fingerprint density at radius 1 is 1.03 bits per heavy atom. The van der Waals surface area contributed by atoms with E-state index in [9.17, 15) is 22.4 Å². The van der Waals surface area contributed by atoms with Gasteiger partial charge in [-0.15, -0.1) is 0 Å². The largest absolute Gasteiger partial charge is 0.456 e. The number of carbonyl (C=O) groups excluding carboxylic acids is 2. The first kappa shape index (κ1) is 25.3. The lowest BCUT2D eigenvalue weighted by atomic mass is 10.1. The van der Waals surface area contributed by atoms with E-state index in [2.05, 4.69) is 4.72 Å². The highest BCUT2D eigenvalue weighted by atomic mass is 32.2. The fourth-order valence-electron chi connectivity index (χ4n) is 3.63. The van der Waals surface area contributed by atoms with Crippen molar-refractivity contribution >= 4 is 21.8 Å². The quantitative estimate of drug-likeness (QED) is 0.365. The minimum atomic E-state index is -3.95. The Morgan fingerprint density at radius 3 is 2.24 bits per heavy atom. The third-order valence-corrected chi connectivity index (χ3v) is 6.88. The number of halogens is 1. The molecule has 1 heterocycles. The number of sulfonamides is 1. The van der Waals surface area contributed by atoms with Gasteiger partial charge in [0.15, 0.2) is 6.61 Å². The van der Waals surface area contributed by atoms with Gasteiger partial charge in [0.2, 0.25) is 15.8 Å². The van der Waals surface area contributed by atoms with Gasteiger partial charge in [-0.1, -0.05) is 32.0 Å². The summed E-state index contributed by atoms with van der Waals surface area (Å²) in [4.78, 5) is 25.6. The maximum absolute atomic E-state index is 13.3. The van der Waals surface area contributed by atoms with Crippen molar-refractivity contribution in [2.75, 3.05) is 6.61 Å². The SMILES string of the molecule is Cc1cc(C(=O)COC(=O)C(NS(=O)(=O)c2ccccc2)C(C)C)c(C)n1-c1ccc(F)cc1. The number of hydrogen-bond donors (Lipinski definition) is 1. The van der Waals surface area contributed by atoms with Crippen molar-refractivity contribution in [2.24, 2.45) is 5.92 Å². The van der Waals surface area contributed by atoms with Gasteiger partial charge in [-0.25, -0.2) is 12.8 Å². The molecule has 0 fully saturated rings. The number of ketones is 1. The Bertz CT molecular complexity index is 1280. The second-order valence-corrected chi connectivity index (χ2v) is 10.00. The molecule has 0 saturated heterocycles. The summed E-state index contributed by atoms with van der Waals surface area (Å²) in [5, 5.41) is 0. The van der Waals surface area contributed by atoms with Crippen molar-refractivity contribution in [3.63, 3.8) is 0 Å². The van der Waals surface area contributed by atoms with Gasteiger partial charge in [0.1, 0.15) is 11.9 Å². The molecule has 1 atom stereocenters. The fraction of sp³-hybridized carbons (Fsp3) is 0.280. The number of aromatic nitrogens is 1. The number of nitrogens with zero attached hydrogens (tertiary/aromatic N) is 1. The zero-order chi connectivity index (χ0) is 25.0. The third kappa shape index (κ3) is 5.60. The first-order valence-corrected chi connectivity index (χ1v) is 12.2. The van der Waals surface area contributed by atoms with Crippen LogP contribution >= 0.6 is 0 Å². The average molecular weight is 487 g/mol. The molecule has 0 aliphatic rings. The Kier molecular flexibility index (Phi) is 7.68. The summed E-state index contributed by atoms with van der Waals surface area (Å²) in [6.07, 6.45) is 0. The summed E-state index contributed by atoms with van der Waals surface area (Å²) in [6.45, 7) is 6.38. The van der Waals surface area contributed by atoms with E-state index >= 15 is 0 Å². The molecule has 34 heavy (non-hydrogen) atoms. The highest BCUT2D eigenvalue weighted by Crippen LogP contribution is 2.22. The van der Waals surface area contributed by atoms with Crippen LogP contribution in [0, 0.1) is 25.6 Å². The van der Waals surface area contributed by atoms with Crippen LogP contribution in [0.5, 0.6) is 0 Å². The molecule has 0 spiro atoms. The molecule has 3 rings (SSSR count). The number of Topliss-reactive ketones (excluding diaryl/α,β-unsaturated/α-hetero) is 1. The fourth-order valence-corrected chi connectivity index (χ4v) is 4.98. The van der Waals surface area contributed by atoms with Gasteiger partial charge in [0.05, 0.1) is 4.90 Å². The van der Waals surface area contributed by atoms with Crippen LogP contribution in [0.3, 0.4) is 0 Å². The van der Waals surface area contributed by atoms with Crippen molar-refractivity contribution < 1.29 is 27.1 Å². The van der Waals surface area contributed by atoms with Gasteiger partial charge in [-0.2, -0.15) is 4.72 Å².